The van der Waals surface area contributed by atoms with Gasteiger partial charge < -0.3 is 5.73 Å². The van der Waals surface area contributed by atoms with E-state index in [1.54, 1.807) is 0 Å². The number of rotatable bonds is 6. The molecule has 15 heavy (non-hydrogen) atoms. The van der Waals surface area contributed by atoms with Gasteiger partial charge in [-0.25, -0.2) is 0 Å². The largest absolute Gasteiger partial charge is 0.329 e. The maximum Gasteiger partial charge on any atom is 0.0224 e. The molecule has 90 valence electrons. The van der Waals surface area contributed by atoms with Gasteiger partial charge in [0.2, 0.25) is 0 Å². The Bertz CT molecular complexity index is 170. The zero-order chi connectivity index (χ0) is 11.3. The van der Waals surface area contributed by atoms with E-state index in [1.165, 1.54) is 38.5 Å². The lowest BCUT2D eigenvalue weighted by Gasteiger charge is -2.35. The number of unbranched alkanes of at least 4 members (excludes halogenated alkanes) is 1. The van der Waals surface area contributed by atoms with Crippen molar-refractivity contribution < 1.29 is 0 Å². The molecule has 0 aliphatic carbocycles. The Kier molecular flexibility index (Phi) is 5.62. The summed E-state index contributed by atoms with van der Waals surface area (Å²) in [5.74, 6) is 0. The summed E-state index contributed by atoms with van der Waals surface area (Å²) in [7, 11) is 0. The van der Waals surface area contributed by atoms with E-state index in [9.17, 15) is 0 Å². The highest BCUT2D eigenvalue weighted by Gasteiger charge is 2.33. The van der Waals surface area contributed by atoms with Crippen LogP contribution in [0, 0.1) is 0 Å². The van der Waals surface area contributed by atoms with Crippen molar-refractivity contribution in [2.45, 2.75) is 77.4 Å². The Hall–Kier alpha value is -0.0800. The third-order valence-electron chi connectivity index (χ3n) is 3.90. The van der Waals surface area contributed by atoms with Gasteiger partial charge >= 0.3 is 0 Å². The second-order valence-corrected chi connectivity index (χ2v) is 4.97. The van der Waals surface area contributed by atoms with E-state index in [0.717, 1.165) is 18.6 Å². The lowest BCUT2D eigenvalue weighted by atomic mass is 10.1. The highest BCUT2D eigenvalue weighted by atomic mass is 15.2. The molecule has 0 aromatic carbocycles. The summed E-state index contributed by atoms with van der Waals surface area (Å²) in [6, 6.07) is 2.18. The third kappa shape index (κ3) is 3.18. The van der Waals surface area contributed by atoms with Gasteiger partial charge in [0.05, 0.1) is 0 Å². The maximum absolute atomic E-state index is 5.93. The quantitative estimate of drug-likeness (QED) is 0.733. The molecule has 0 radical (unpaired) electrons. The number of nitrogens with two attached hydrogens (primary N) is 1. The van der Waals surface area contributed by atoms with Crippen molar-refractivity contribution in [3.8, 4) is 0 Å². The zero-order valence-corrected chi connectivity index (χ0v) is 10.7. The molecule has 1 fully saturated rings. The van der Waals surface area contributed by atoms with Gasteiger partial charge in [0.1, 0.15) is 0 Å². The molecule has 0 amide bonds. The fourth-order valence-corrected chi connectivity index (χ4v) is 2.99. The maximum atomic E-state index is 5.93. The molecule has 2 heteroatoms. The van der Waals surface area contributed by atoms with Crippen molar-refractivity contribution >= 4 is 0 Å². The van der Waals surface area contributed by atoms with Gasteiger partial charge in [-0.2, -0.15) is 0 Å². The Morgan fingerprint density at radius 1 is 1.33 bits per heavy atom. The molecule has 1 rings (SSSR count). The fraction of sp³-hybridized carbons (Fsp3) is 1.00. The van der Waals surface area contributed by atoms with Crippen LogP contribution in [-0.2, 0) is 0 Å². The van der Waals surface area contributed by atoms with Crippen LogP contribution in [0.5, 0.6) is 0 Å². The summed E-state index contributed by atoms with van der Waals surface area (Å²) >= 11 is 0. The molecule has 1 aliphatic heterocycles. The van der Waals surface area contributed by atoms with Crippen molar-refractivity contribution in [3.05, 3.63) is 0 Å². The molecule has 0 spiro atoms. The average Bonchev–Trinajstić information content (AvgIpc) is 2.62. The first kappa shape index (κ1) is 13.0. The van der Waals surface area contributed by atoms with E-state index in [4.69, 9.17) is 5.73 Å². The van der Waals surface area contributed by atoms with Crippen LogP contribution in [0.1, 0.15) is 59.3 Å². The normalized spacial score (nSPS) is 29.6. The molecule has 3 atom stereocenters. The number of nitrogens with zero attached hydrogens (tertiary/aromatic N) is 1. The average molecular weight is 212 g/mol. The van der Waals surface area contributed by atoms with E-state index >= 15 is 0 Å². The van der Waals surface area contributed by atoms with Gasteiger partial charge in [-0.05, 0) is 32.6 Å². The predicted molar refractivity (Wildman–Crippen MR) is 67.0 cm³/mol. The fourth-order valence-electron chi connectivity index (χ4n) is 2.99. The summed E-state index contributed by atoms with van der Waals surface area (Å²) < 4.78 is 0. The van der Waals surface area contributed by atoms with E-state index in [-0.39, 0.29) is 0 Å². The van der Waals surface area contributed by atoms with E-state index in [1.807, 2.05) is 0 Å². The lowest BCUT2D eigenvalue weighted by molar-refractivity contribution is 0.128. The number of likely N-dealkylation sites (tertiary alicyclic amines) is 1. The molecule has 1 saturated heterocycles. The van der Waals surface area contributed by atoms with Gasteiger partial charge in [0.25, 0.3) is 0 Å². The summed E-state index contributed by atoms with van der Waals surface area (Å²) in [4.78, 5) is 2.70. The van der Waals surface area contributed by atoms with Crippen LogP contribution >= 0.6 is 0 Å². The second kappa shape index (κ2) is 6.49. The Labute approximate surface area is 95.2 Å². The van der Waals surface area contributed by atoms with Crippen LogP contribution in [0.3, 0.4) is 0 Å². The summed E-state index contributed by atoms with van der Waals surface area (Å²) in [6.07, 6.45) is 7.92. The molecule has 0 aromatic rings. The van der Waals surface area contributed by atoms with Gasteiger partial charge in [-0.3, -0.25) is 4.90 Å². The van der Waals surface area contributed by atoms with Crippen LogP contribution in [-0.4, -0.2) is 29.6 Å². The molecule has 0 bridgehead atoms. The summed E-state index contributed by atoms with van der Waals surface area (Å²) in [5, 5.41) is 0. The minimum absolute atomic E-state index is 0.632. The van der Waals surface area contributed by atoms with Crippen LogP contribution < -0.4 is 5.73 Å². The van der Waals surface area contributed by atoms with Gasteiger partial charge in [0.15, 0.2) is 0 Å². The summed E-state index contributed by atoms with van der Waals surface area (Å²) in [6.45, 7) is 7.77. The van der Waals surface area contributed by atoms with E-state index < -0.39 is 0 Å². The van der Waals surface area contributed by atoms with Crippen molar-refractivity contribution in [3.63, 3.8) is 0 Å². The standard InChI is InChI=1S/C13H28N2/c1-4-6-7-13(10-14)15-11(3)8-9-12(15)5-2/h11-13H,4-10,14H2,1-3H3. The zero-order valence-electron chi connectivity index (χ0n) is 10.7. The Balaban J connectivity index is 2.55. The van der Waals surface area contributed by atoms with Crippen LogP contribution in [0.25, 0.3) is 0 Å². The number of hydrogen-bond acceptors (Lipinski definition) is 2. The molecular weight excluding hydrogens is 184 g/mol. The van der Waals surface area contributed by atoms with E-state index in [2.05, 4.69) is 25.7 Å². The van der Waals surface area contributed by atoms with Crippen molar-refractivity contribution in [2.24, 2.45) is 5.73 Å². The second-order valence-electron chi connectivity index (χ2n) is 4.97. The van der Waals surface area contributed by atoms with Crippen LogP contribution in [0.15, 0.2) is 0 Å². The Morgan fingerprint density at radius 3 is 2.60 bits per heavy atom. The monoisotopic (exact) mass is 212 g/mol. The molecule has 3 unspecified atom stereocenters. The van der Waals surface area contributed by atoms with E-state index in [0.29, 0.717) is 6.04 Å². The molecule has 0 saturated carbocycles. The van der Waals surface area contributed by atoms with Crippen LogP contribution in [0.2, 0.25) is 0 Å². The molecule has 2 nitrogen and oxygen atoms in total. The number of hydrogen-bond donors (Lipinski definition) is 1. The van der Waals surface area contributed by atoms with Gasteiger partial charge in [-0.15, -0.1) is 0 Å². The first-order chi connectivity index (χ1) is 7.24. The van der Waals surface area contributed by atoms with Crippen LogP contribution in [0.4, 0.5) is 0 Å². The van der Waals surface area contributed by atoms with Gasteiger partial charge in [0, 0.05) is 24.7 Å². The third-order valence-corrected chi connectivity index (χ3v) is 3.90. The smallest absolute Gasteiger partial charge is 0.0224 e. The molecular formula is C13H28N2. The van der Waals surface area contributed by atoms with Crippen molar-refractivity contribution in [1.82, 2.24) is 4.90 Å². The molecule has 1 heterocycles. The predicted octanol–water partition coefficient (Wildman–Crippen LogP) is 2.77. The first-order valence-electron chi connectivity index (χ1n) is 6.72. The SMILES string of the molecule is CCCCC(CN)N1C(C)CCC1CC. The highest BCUT2D eigenvalue weighted by molar-refractivity contribution is 4.89. The first-order valence-corrected chi connectivity index (χ1v) is 6.72. The molecule has 1 aliphatic rings. The molecule has 0 aromatic heterocycles. The van der Waals surface area contributed by atoms with Gasteiger partial charge in [-0.1, -0.05) is 26.7 Å². The topological polar surface area (TPSA) is 29.3 Å². The highest BCUT2D eigenvalue weighted by Crippen LogP contribution is 2.29. The summed E-state index contributed by atoms with van der Waals surface area (Å²) in [5.41, 5.74) is 5.93. The van der Waals surface area contributed by atoms with Crippen molar-refractivity contribution in [2.75, 3.05) is 6.54 Å². The minimum Gasteiger partial charge on any atom is -0.329 e. The minimum atomic E-state index is 0.632. The lowest BCUT2D eigenvalue weighted by Crippen LogP contribution is -2.46. The van der Waals surface area contributed by atoms with Crippen molar-refractivity contribution in [1.29, 1.82) is 0 Å². The Morgan fingerprint density at radius 2 is 2.07 bits per heavy atom. The molecule has 2 N–H and O–H groups in total.